The van der Waals surface area contributed by atoms with Gasteiger partial charge >= 0.3 is 6.03 Å². The second-order valence-electron chi connectivity index (χ2n) is 6.05. The van der Waals surface area contributed by atoms with Gasteiger partial charge in [-0.1, -0.05) is 25.4 Å². The molecule has 0 unspecified atom stereocenters. The number of likely N-dealkylation sites (tertiary alicyclic amines) is 1. The van der Waals surface area contributed by atoms with Crippen LogP contribution in [-0.2, 0) is 0 Å². The molecule has 22 heavy (non-hydrogen) atoms. The maximum absolute atomic E-state index is 12.4. The van der Waals surface area contributed by atoms with Crippen molar-refractivity contribution in [3.8, 4) is 0 Å². The van der Waals surface area contributed by atoms with Gasteiger partial charge in [0.25, 0.3) is 5.91 Å². The first-order valence-corrected chi connectivity index (χ1v) is 7.86. The van der Waals surface area contributed by atoms with Gasteiger partial charge in [0.15, 0.2) is 0 Å². The van der Waals surface area contributed by atoms with Gasteiger partial charge in [0, 0.05) is 25.7 Å². The standard InChI is InChI=1S/C16H22ClN3O2/c1-10-6-11(2)9-20(8-10)16(22)19-14-7-12(15(21)18-3)4-5-13(14)17/h4-5,7,10-11H,6,8-9H2,1-3H3,(H,18,21)(H,19,22)/t10-,11-/m1/s1. The monoisotopic (exact) mass is 323 g/mol. The van der Waals surface area contributed by atoms with Crippen molar-refractivity contribution in [1.82, 2.24) is 10.2 Å². The Kier molecular flexibility index (Phi) is 5.29. The second kappa shape index (κ2) is 7.01. The first kappa shape index (κ1) is 16.6. The van der Waals surface area contributed by atoms with Crippen LogP contribution < -0.4 is 10.6 Å². The van der Waals surface area contributed by atoms with Crippen molar-refractivity contribution < 1.29 is 9.59 Å². The summed E-state index contributed by atoms with van der Waals surface area (Å²) in [5, 5.41) is 5.78. The van der Waals surface area contributed by atoms with Gasteiger partial charge in [-0.2, -0.15) is 0 Å². The molecule has 1 aliphatic heterocycles. The molecule has 0 aromatic heterocycles. The quantitative estimate of drug-likeness (QED) is 0.878. The molecule has 1 saturated heterocycles. The lowest BCUT2D eigenvalue weighted by Gasteiger charge is -2.35. The number of nitrogens with zero attached hydrogens (tertiary/aromatic N) is 1. The summed E-state index contributed by atoms with van der Waals surface area (Å²) in [5.74, 6) is 0.761. The molecule has 5 nitrogen and oxygen atoms in total. The van der Waals surface area contributed by atoms with Gasteiger partial charge in [0.05, 0.1) is 10.7 Å². The molecule has 0 saturated carbocycles. The van der Waals surface area contributed by atoms with Crippen molar-refractivity contribution >= 4 is 29.2 Å². The number of halogens is 1. The number of hydrogen-bond donors (Lipinski definition) is 2. The van der Waals surface area contributed by atoms with Crippen LogP contribution in [-0.4, -0.2) is 37.0 Å². The predicted octanol–water partition coefficient (Wildman–Crippen LogP) is 3.21. The maximum Gasteiger partial charge on any atom is 0.321 e. The molecule has 6 heteroatoms. The first-order chi connectivity index (χ1) is 10.4. The van der Waals surface area contributed by atoms with Gasteiger partial charge in [0.2, 0.25) is 0 Å². The molecule has 1 aromatic carbocycles. The fourth-order valence-corrected chi connectivity index (χ4v) is 3.09. The summed E-state index contributed by atoms with van der Waals surface area (Å²) in [6, 6.07) is 4.66. The molecule has 3 amide bonds. The number of piperidine rings is 1. The first-order valence-electron chi connectivity index (χ1n) is 7.48. The van der Waals surface area contributed by atoms with E-state index in [2.05, 4.69) is 24.5 Å². The summed E-state index contributed by atoms with van der Waals surface area (Å²) in [4.78, 5) is 25.9. The number of rotatable bonds is 2. The zero-order valence-electron chi connectivity index (χ0n) is 13.1. The number of urea groups is 1. The number of benzene rings is 1. The Morgan fingerprint density at radius 2 is 1.86 bits per heavy atom. The van der Waals surface area contributed by atoms with Gasteiger partial charge < -0.3 is 15.5 Å². The third kappa shape index (κ3) is 3.91. The van der Waals surface area contributed by atoms with Crippen LogP contribution in [0.4, 0.5) is 10.5 Å². The zero-order chi connectivity index (χ0) is 16.3. The topological polar surface area (TPSA) is 61.4 Å². The fraction of sp³-hybridized carbons (Fsp3) is 0.500. The molecule has 2 atom stereocenters. The molecule has 1 aliphatic rings. The van der Waals surface area contributed by atoms with Crippen molar-refractivity contribution in [1.29, 1.82) is 0 Å². The second-order valence-corrected chi connectivity index (χ2v) is 6.46. The smallest absolute Gasteiger partial charge is 0.321 e. The Morgan fingerprint density at radius 3 is 2.45 bits per heavy atom. The van der Waals surface area contributed by atoms with E-state index >= 15 is 0 Å². The van der Waals surface area contributed by atoms with Crippen LogP contribution >= 0.6 is 11.6 Å². The minimum Gasteiger partial charge on any atom is -0.355 e. The van der Waals surface area contributed by atoms with Crippen molar-refractivity contribution in [3.05, 3.63) is 28.8 Å². The van der Waals surface area contributed by atoms with E-state index in [1.807, 2.05) is 4.90 Å². The Bertz CT molecular complexity index is 567. The summed E-state index contributed by atoms with van der Waals surface area (Å²) < 4.78 is 0. The van der Waals surface area contributed by atoms with Crippen LogP contribution in [0.3, 0.4) is 0 Å². The summed E-state index contributed by atoms with van der Waals surface area (Å²) >= 11 is 6.12. The Morgan fingerprint density at radius 1 is 1.23 bits per heavy atom. The lowest BCUT2D eigenvalue weighted by Crippen LogP contribution is -2.44. The van der Waals surface area contributed by atoms with E-state index in [-0.39, 0.29) is 11.9 Å². The van der Waals surface area contributed by atoms with Gasteiger partial charge in [-0.15, -0.1) is 0 Å². The molecule has 120 valence electrons. The number of nitrogens with one attached hydrogen (secondary N) is 2. The molecule has 0 aliphatic carbocycles. The average Bonchev–Trinajstić information content (AvgIpc) is 2.47. The SMILES string of the molecule is CNC(=O)c1ccc(Cl)c(NC(=O)N2C[C@H](C)C[C@@H](C)C2)c1. The van der Waals surface area contributed by atoms with Crippen molar-refractivity contribution in [2.75, 3.05) is 25.5 Å². The Hall–Kier alpha value is -1.75. The summed E-state index contributed by atoms with van der Waals surface area (Å²) in [7, 11) is 1.56. The molecule has 0 radical (unpaired) electrons. The highest BCUT2D eigenvalue weighted by Gasteiger charge is 2.25. The van der Waals surface area contributed by atoms with Gasteiger partial charge in [-0.3, -0.25) is 4.79 Å². The molecular weight excluding hydrogens is 302 g/mol. The van der Waals surface area contributed by atoms with E-state index < -0.39 is 0 Å². The van der Waals surface area contributed by atoms with E-state index in [0.29, 0.717) is 28.1 Å². The molecule has 2 N–H and O–H groups in total. The fourth-order valence-electron chi connectivity index (χ4n) is 2.93. The Balaban J connectivity index is 2.12. The molecule has 0 spiro atoms. The zero-order valence-corrected chi connectivity index (χ0v) is 13.9. The largest absolute Gasteiger partial charge is 0.355 e. The van der Waals surface area contributed by atoms with E-state index in [4.69, 9.17) is 11.6 Å². The van der Waals surface area contributed by atoms with Crippen molar-refractivity contribution in [2.45, 2.75) is 20.3 Å². The normalized spacial score (nSPS) is 21.4. The van der Waals surface area contributed by atoms with Crippen molar-refractivity contribution in [2.24, 2.45) is 11.8 Å². The third-order valence-electron chi connectivity index (χ3n) is 3.85. The van der Waals surface area contributed by atoms with Gasteiger partial charge in [-0.25, -0.2) is 4.79 Å². The highest BCUT2D eigenvalue weighted by Crippen LogP contribution is 2.25. The molecule has 1 aromatic rings. The Labute approximate surface area is 136 Å². The van der Waals surface area contributed by atoms with E-state index in [9.17, 15) is 9.59 Å². The minimum atomic E-state index is -0.215. The molecule has 1 fully saturated rings. The number of hydrogen-bond acceptors (Lipinski definition) is 2. The summed E-state index contributed by atoms with van der Waals surface area (Å²) in [6.07, 6.45) is 1.14. The van der Waals surface area contributed by atoms with E-state index in [1.165, 1.54) is 0 Å². The average molecular weight is 324 g/mol. The lowest BCUT2D eigenvalue weighted by molar-refractivity contribution is 0.0963. The van der Waals surface area contributed by atoms with Gasteiger partial charge in [0.1, 0.15) is 0 Å². The highest BCUT2D eigenvalue weighted by atomic mass is 35.5. The van der Waals surface area contributed by atoms with Crippen LogP contribution in [0.2, 0.25) is 5.02 Å². The number of anilines is 1. The summed E-state index contributed by atoms with van der Waals surface area (Å²) in [6.45, 7) is 5.77. The van der Waals surface area contributed by atoms with Crippen LogP contribution in [0.1, 0.15) is 30.6 Å². The van der Waals surface area contributed by atoms with Gasteiger partial charge in [-0.05, 0) is 36.5 Å². The molecule has 0 bridgehead atoms. The van der Waals surface area contributed by atoms with Crippen LogP contribution in [0.25, 0.3) is 0 Å². The predicted molar refractivity (Wildman–Crippen MR) is 88.4 cm³/mol. The van der Waals surface area contributed by atoms with Crippen LogP contribution in [0.15, 0.2) is 18.2 Å². The molecule has 2 rings (SSSR count). The number of carbonyl (C=O) groups excluding carboxylic acids is 2. The minimum absolute atomic E-state index is 0.172. The molecular formula is C16H22ClN3O2. The lowest BCUT2D eigenvalue weighted by atomic mass is 9.92. The third-order valence-corrected chi connectivity index (χ3v) is 4.18. The maximum atomic E-state index is 12.4. The van der Waals surface area contributed by atoms with Crippen LogP contribution in [0, 0.1) is 11.8 Å². The molecule has 1 heterocycles. The van der Waals surface area contributed by atoms with Crippen molar-refractivity contribution in [3.63, 3.8) is 0 Å². The highest BCUT2D eigenvalue weighted by molar-refractivity contribution is 6.33. The number of carbonyl (C=O) groups is 2. The van der Waals surface area contributed by atoms with E-state index in [1.54, 1.807) is 25.2 Å². The van der Waals surface area contributed by atoms with Crippen LogP contribution in [0.5, 0.6) is 0 Å². The van der Waals surface area contributed by atoms with E-state index in [0.717, 1.165) is 19.5 Å². The number of amides is 3. The summed E-state index contributed by atoms with van der Waals surface area (Å²) in [5.41, 5.74) is 0.918.